The van der Waals surface area contributed by atoms with E-state index in [1.54, 1.807) is 12.1 Å². The molecular weight excluding hydrogens is 606 g/mol. The Kier molecular flexibility index (Phi) is 6.92. The van der Waals surface area contributed by atoms with Crippen LogP contribution in [-0.2, 0) is 11.2 Å². The highest BCUT2D eigenvalue weighted by Gasteiger charge is 2.46. The summed E-state index contributed by atoms with van der Waals surface area (Å²) in [5, 5.41) is 15.9. The molecule has 2 N–H and O–H groups in total. The van der Waals surface area contributed by atoms with E-state index in [1.807, 2.05) is 6.92 Å². The minimum atomic E-state index is -0.690. The van der Waals surface area contributed by atoms with Gasteiger partial charge in [-0.05, 0) is 66.6 Å². The van der Waals surface area contributed by atoms with Gasteiger partial charge in [0.2, 0.25) is 5.88 Å². The van der Waals surface area contributed by atoms with E-state index in [1.165, 1.54) is 12.1 Å². The second-order valence-electron chi connectivity index (χ2n) is 13.9. The zero-order valence-electron chi connectivity index (χ0n) is 26.4. The van der Waals surface area contributed by atoms with Crippen LogP contribution in [0.5, 0.6) is 17.6 Å². The maximum atomic E-state index is 17.1. The molecule has 1 aliphatic carbocycles. The van der Waals surface area contributed by atoms with Crippen LogP contribution in [0.2, 0.25) is 0 Å². The first-order valence-electron chi connectivity index (χ1n) is 16.8. The monoisotopic (exact) mass is 644 g/mol. The number of aryl methyl sites for hydroxylation is 1. The van der Waals surface area contributed by atoms with Gasteiger partial charge in [0.05, 0.1) is 25.9 Å². The van der Waals surface area contributed by atoms with E-state index in [0.717, 1.165) is 58.5 Å². The van der Waals surface area contributed by atoms with Crippen molar-refractivity contribution in [3.63, 3.8) is 0 Å². The standard InChI is InChI=1S/C35H38F2N6O4/c1-2-22-24(36)5-3-19-13-21(44)14-23(27(19)22)30-29(37)31-28-32(43-15-20-4-6-25(38-20)26(43)16-46-33(28)39-30)41-34(40-31)47-18-35(7-8-35)17-42-9-11-45-12-10-42/h3,5,13-14,20,25-26,38,44H,2,4,6-12,15-18H2,1H3/t20-,25+,26-/m0/s1. The second kappa shape index (κ2) is 11.1. The molecule has 4 aromatic rings. The zero-order valence-corrected chi connectivity index (χ0v) is 26.4. The summed E-state index contributed by atoms with van der Waals surface area (Å²) in [7, 11) is 0. The van der Waals surface area contributed by atoms with E-state index in [-0.39, 0.29) is 51.9 Å². The van der Waals surface area contributed by atoms with Crippen molar-refractivity contribution < 1.29 is 28.1 Å². The fourth-order valence-electron chi connectivity index (χ4n) is 8.17. The van der Waals surface area contributed by atoms with Gasteiger partial charge in [-0.1, -0.05) is 13.0 Å². The number of hydrogen-bond donors (Lipinski definition) is 2. The van der Waals surface area contributed by atoms with Gasteiger partial charge in [-0.15, -0.1) is 0 Å². The number of pyridine rings is 1. The molecule has 9 rings (SSSR count). The average molecular weight is 645 g/mol. The molecule has 2 aromatic carbocycles. The number of hydrogen-bond acceptors (Lipinski definition) is 10. The van der Waals surface area contributed by atoms with Gasteiger partial charge in [-0.25, -0.2) is 13.8 Å². The molecule has 1 saturated carbocycles. The van der Waals surface area contributed by atoms with E-state index in [9.17, 15) is 5.11 Å². The molecule has 0 spiro atoms. The minimum Gasteiger partial charge on any atom is -0.508 e. The molecule has 10 nitrogen and oxygen atoms in total. The zero-order chi connectivity index (χ0) is 31.9. The number of morpholine rings is 1. The molecule has 6 heterocycles. The number of phenolic OH excluding ortho intramolecular Hbond substituents is 1. The van der Waals surface area contributed by atoms with Crippen molar-refractivity contribution >= 4 is 27.5 Å². The largest absolute Gasteiger partial charge is 0.508 e. The third-order valence-electron chi connectivity index (χ3n) is 10.8. The van der Waals surface area contributed by atoms with Gasteiger partial charge in [-0.2, -0.15) is 9.97 Å². The van der Waals surface area contributed by atoms with Crippen LogP contribution in [-0.4, -0.2) is 95.7 Å². The number of benzene rings is 2. The lowest BCUT2D eigenvalue weighted by Crippen LogP contribution is -2.60. The summed E-state index contributed by atoms with van der Waals surface area (Å²) in [6, 6.07) is 6.55. The average Bonchev–Trinajstić information content (AvgIpc) is 3.77. The van der Waals surface area contributed by atoms with Gasteiger partial charge in [0.1, 0.15) is 40.6 Å². The van der Waals surface area contributed by atoms with Crippen molar-refractivity contribution in [2.75, 3.05) is 57.5 Å². The number of anilines is 1. The highest BCUT2D eigenvalue weighted by Crippen LogP contribution is 2.48. The van der Waals surface area contributed by atoms with E-state index in [0.29, 0.717) is 59.8 Å². The first-order chi connectivity index (χ1) is 22.9. The molecule has 2 bridgehead atoms. The van der Waals surface area contributed by atoms with Crippen LogP contribution in [0.4, 0.5) is 14.6 Å². The molecule has 246 valence electrons. The first kappa shape index (κ1) is 29.3. The predicted octanol–water partition coefficient (Wildman–Crippen LogP) is 4.58. The number of aromatic nitrogens is 3. The Hall–Kier alpha value is -3.87. The predicted molar refractivity (Wildman–Crippen MR) is 172 cm³/mol. The van der Waals surface area contributed by atoms with Crippen LogP contribution in [0.15, 0.2) is 24.3 Å². The van der Waals surface area contributed by atoms with Crippen molar-refractivity contribution in [2.45, 2.75) is 57.2 Å². The molecule has 0 unspecified atom stereocenters. The van der Waals surface area contributed by atoms with Crippen molar-refractivity contribution in [2.24, 2.45) is 5.41 Å². The Balaban J connectivity index is 1.19. The van der Waals surface area contributed by atoms with Gasteiger partial charge in [0, 0.05) is 49.2 Å². The summed E-state index contributed by atoms with van der Waals surface area (Å²) >= 11 is 0. The van der Waals surface area contributed by atoms with Gasteiger partial charge < -0.3 is 29.5 Å². The quantitative estimate of drug-likeness (QED) is 0.297. The van der Waals surface area contributed by atoms with Gasteiger partial charge >= 0.3 is 6.01 Å². The third-order valence-corrected chi connectivity index (χ3v) is 10.8. The fraction of sp³-hybridized carbons (Fsp3) is 0.514. The number of aromatic hydroxyl groups is 1. The molecule has 4 fully saturated rings. The number of piperazine rings is 1. The lowest BCUT2D eigenvalue weighted by atomic mass is 9.94. The van der Waals surface area contributed by atoms with Crippen molar-refractivity contribution in [1.29, 1.82) is 0 Å². The van der Waals surface area contributed by atoms with Crippen molar-refractivity contribution in [3.8, 4) is 28.9 Å². The van der Waals surface area contributed by atoms with Crippen LogP contribution >= 0.6 is 0 Å². The van der Waals surface area contributed by atoms with Gasteiger partial charge in [-0.3, -0.25) is 4.90 Å². The summed E-state index contributed by atoms with van der Waals surface area (Å²) in [6.07, 6.45) is 4.55. The molecule has 12 heteroatoms. The fourth-order valence-corrected chi connectivity index (χ4v) is 8.17. The number of phenols is 1. The molecule has 2 aromatic heterocycles. The highest BCUT2D eigenvalue weighted by molar-refractivity contribution is 6.03. The number of nitrogens with zero attached hydrogens (tertiary/aromatic N) is 5. The Morgan fingerprint density at radius 2 is 1.94 bits per heavy atom. The Morgan fingerprint density at radius 3 is 2.74 bits per heavy atom. The summed E-state index contributed by atoms with van der Waals surface area (Å²) < 4.78 is 50.5. The van der Waals surface area contributed by atoms with Crippen LogP contribution in [0, 0.1) is 17.0 Å². The van der Waals surface area contributed by atoms with E-state index < -0.39 is 11.6 Å². The first-order valence-corrected chi connectivity index (χ1v) is 16.8. The molecule has 3 atom stereocenters. The third kappa shape index (κ3) is 4.95. The highest BCUT2D eigenvalue weighted by atomic mass is 19.1. The number of nitrogens with one attached hydrogen (secondary N) is 1. The Bertz CT molecular complexity index is 1900. The topological polar surface area (TPSA) is 105 Å². The van der Waals surface area contributed by atoms with E-state index in [4.69, 9.17) is 29.2 Å². The number of halogens is 2. The number of fused-ring (bicyclic) bond motifs is 6. The molecular formula is C35H38F2N6O4. The van der Waals surface area contributed by atoms with Crippen LogP contribution in [0.25, 0.3) is 32.9 Å². The number of rotatable bonds is 7. The maximum absolute atomic E-state index is 17.1. The van der Waals surface area contributed by atoms with Crippen LogP contribution < -0.4 is 19.7 Å². The molecule has 0 amide bonds. The summed E-state index contributed by atoms with van der Waals surface area (Å²) in [6.45, 7) is 7.53. The minimum absolute atomic E-state index is 0.0117. The Morgan fingerprint density at radius 1 is 1.09 bits per heavy atom. The molecule has 4 aliphatic heterocycles. The normalized spacial score (nSPS) is 24.7. The Labute approximate surface area is 271 Å². The van der Waals surface area contributed by atoms with Gasteiger partial charge in [0.25, 0.3) is 0 Å². The molecule has 3 saturated heterocycles. The number of ether oxygens (including phenoxy) is 3. The SMILES string of the molecule is CCc1c(F)ccc2cc(O)cc(-c3nc4c5c(nc(OCC6(CN7CCOCC7)CC6)nc5c3F)N3C[C@@H]5CC[C@@H](N5)[C@@H]3CO4)c12. The smallest absolute Gasteiger partial charge is 0.319 e. The molecule has 5 aliphatic rings. The summed E-state index contributed by atoms with van der Waals surface area (Å²) in [5.74, 6) is -0.368. The van der Waals surface area contributed by atoms with Crippen molar-refractivity contribution in [3.05, 3.63) is 41.5 Å². The van der Waals surface area contributed by atoms with Crippen molar-refractivity contribution in [1.82, 2.24) is 25.2 Å². The second-order valence-corrected chi connectivity index (χ2v) is 13.9. The van der Waals surface area contributed by atoms with Gasteiger partial charge in [0.15, 0.2) is 5.82 Å². The molecule has 47 heavy (non-hydrogen) atoms. The maximum Gasteiger partial charge on any atom is 0.319 e. The van der Waals surface area contributed by atoms with E-state index >= 15 is 8.78 Å². The lowest BCUT2D eigenvalue weighted by molar-refractivity contribution is 0.0231. The van der Waals surface area contributed by atoms with Crippen LogP contribution in [0.3, 0.4) is 0 Å². The van der Waals surface area contributed by atoms with Crippen LogP contribution in [0.1, 0.15) is 38.2 Å². The summed E-state index contributed by atoms with van der Waals surface area (Å²) in [5.41, 5.74) is 0.698. The molecule has 0 radical (unpaired) electrons. The summed E-state index contributed by atoms with van der Waals surface area (Å²) in [4.78, 5) is 19.0. The lowest BCUT2D eigenvalue weighted by Gasteiger charge is -2.40. The van der Waals surface area contributed by atoms with E-state index in [2.05, 4.69) is 15.1 Å².